The van der Waals surface area contributed by atoms with Crippen LogP contribution in [-0.4, -0.2) is 15.8 Å². The lowest BCUT2D eigenvalue weighted by molar-refractivity contribution is 0.0908. The average molecular weight is 261 g/mol. The van der Waals surface area contributed by atoms with Crippen LogP contribution in [0.4, 0.5) is 0 Å². The lowest BCUT2D eigenvalue weighted by atomic mass is 9.84. The number of fused-ring (bicyclic) bond motifs is 1. The van der Waals surface area contributed by atoms with Crippen LogP contribution in [0, 0.1) is 5.92 Å². The quantitative estimate of drug-likeness (QED) is 0.844. The zero-order valence-corrected chi connectivity index (χ0v) is 10.6. The van der Waals surface area contributed by atoms with Gasteiger partial charge < -0.3 is 4.98 Å². The Kier molecular flexibility index (Phi) is 2.92. The first-order valence-electron chi connectivity index (χ1n) is 6.05. The fourth-order valence-corrected chi connectivity index (χ4v) is 2.60. The maximum absolute atomic E-state index is 12.4. The number of H-pyrrole nitrogens is 1. The molecule has 3 nitrogen and oxygen atoms in total. The van der Waals surface area contributed by atoms with E-state index in [0.29, 0.717) is 5.02 Å². The largest absolute Gasteiger partial charge is 0.348 e. The Bertz CT molecular complexity index is 574. The predicted octanol–water partition coefficient (Wildman–Crippen LogP) is 3.05. The van der Waals surface area contributed by atoms with E-state index in [-0.39, 0.29) is 11.7 Å². The number of ketones is 1. The van der Waals surface area contributed by atoms with Crippen molar-refractivity contribution in [2.75, 3.05) is 0 Å². The van der Waals surface area contributed by atoms with Crippen LogP contribution in [0.2, 0.25) is 5.02 Å². The standard InChI is InChI=1S/C14H13ClN2O/c15-11-4-1-9(2-5-11)14(18)10-3-6-12-13(7-10)17-8-16-12/h1-2,4-5,8,10H,3,6-7H2,(H,16,17). The smallest absolute Gasteiger partial charge is 0.166 e. The predicted molar refractivity (Wildman–Crippen MR) is 69.9 cm³/mol. The molecule has 1 aliphatic rings. The maximum Gasteiger partial charge on any atom is 0.166 e. The van der Waals surface area contributed by atoms with Gasteiger partial charge >= 0.3 is 0 Å². The number of imidazole rings is 1. The number of aryl methyl sites for hydroxylation is 1. The summed E-state index contributed by atoms with van der Waals surface area (Å²) < 4.78 is 0. The van der Waals surface area contributed by atoms with Crippen molar-refractivity contribution >= 4 is 17.4 Å². The van der Waals surface area contributed by atoms with Crippen LogP contribution in [0.1, 0.15) is 28.2 Å². The van der Waals surface area contributed by atoms with E-state index in [1.807, 2.05) is 0 Å². The Morgan fingerprint density at radius 2 is 2.11 bits per heavy atom. The topological polar surface area (TPSA) is 45.8 Å². The van der Waals surface area contributed by atoms with Gasteiger partial charge in [0.05, 0.1) is 12.0 Å². The number of benzene rings is 1. The molecule has 0 aliphatic heterocycles. The Morgan fingerprint density at radius 1 is 1.33 bits per heavy atom. The van der Waals surface area contributed by atoms with Crippen molar-refractivity contribution in [3.05, 3.63) is 52.6 Å². The zero-order valence-electron chi connectivity index (χ0n) is 9.82. The molecule has 1 atom stereocenters. The summed E-state index contributed by atoms with van der Waals surface area (Å²) >= 11 is 5.83. The average Bonchev–Trinajstić information content (AvgIpc) is 2.86. The first kappa shape index (κ1) is 11.5. The van der Waals surface area contributed by atoms with Crippen LogP contribution >= 0.6 is 11.6 Å². The molecule has 0 saturated heterocycles. The molecule has 92 valence electrons. The lowest BCUT2D eigenvalue weighted by Crippen LogP contribution is -2.22. The van der Waals surface area contributed by atoms with Gasteiger partial charge in [-0.15, -0.1) is 0 Å². The van der Waals surface area contributed by atoms with Gasteiger partial charge in [0.1, 0.15) is 0 Å². The number of aromatic amines is 1. The number of hydrogen-bond donors (Lipinski definition) is 1. The molecule has 0 radical (unpaired) electrons. The maximum atomic E-state index is 12.4. The van der Waals surface area contributed by atoms with E-state index in [0.717, 1.165) is 30.5 Å². The highest BCUT2D eigenvalue weighted by Gasteiger charge is 2.26. The minimum atomic E-state index is 0.0435. The summed E-state index contributed by atoms with van der Waals surface area (Å²) in [5.41, 5.74) is 2.95. The fraction of sp³-hybridized carbons (Fsp3) is 0.286. The minimum absolute atomic E-state index is 0.0435. The molecule has 0 spiro atoms. The second kappa shape index (κ2) is 4.58. The number of nitrogens with zero attached hydrogens (tertiary/aromatic N) is 1. The number of aromatic nitrogens is 2. The molecule has 1 aromatic heterocycles. The Balaban J connectivity index is 1.80. The van der Waals surface area contributed by atoms with Crippen molar-refractivity contribution in [3.63, 3.8) is 0 Å². The fourth-order valence-electron chi connectivity index (χ4n) is 2.47. The molecule has 1 aromatic carbocycles. The van der Waals surface area contributed by atoms with Crippen molar-refractivity contribution in [3.8, 4) is 0 Å². The summed E-state index contributed by atoms with van der Waals surface area (Å²) in [6.45, 7) is 0. The molecule has 4 heteroatoms. The third kappa shape index (κ3) is 2.06. The monoisotopic (exact) mass is 260 g/mol. The number of rotatable bonds is 2. The summed E-state index contributed by atoms with van der Waals surface area (Å²) in [7, 11) is 0. The van der Waals surface area contributed by atoms with Gasteiger partial charge in [-0.2, -0.15) is 0 Å². The highest BCUT2D eigenvalue weighted by atomic mass is 35.5. The molecule has 1 aliphatic carbocycles. The van der Waals surface area contributed by atoms with Crippen LogP contribution in [0.25, 0.3) is 0 Å². The normalized spacial score (nSPS) is 18.4. The molecule has 3 rings (SSSR count). The van der Waals surface area contributed by atoms with E-state index in [9.17, 15) is 4.79 Å². The summed E-state index contributed by atoms with van der Waals surface area (Å²) in [6.07, 6.45) is 4.23. The molecule has 0 amide bonds. The van der Waals surface area contributed by atoms with Gasteiger partial charge in [-0.3, -0.25) is 4.79 Å². The van der Waals surface area contributed by atoms with Gasteiger partial charge in [0.15, 0.2) is 5.78 Å². The van der Waals surface area contributed by atoms with Gasteiger partial charge in [-0.25, -0.2) is 4.98 Å². The SMILES string of the molecule is O=C(c1ccc(Cl)cc1)C1CCc2[nH]cnc2C1. The van der Waals surface area contributed by atoms with Crippen molar-refractivity contribution in [1.82, 2.24) is 9.97 Å². The van der Waals surface area contributed by atoms with E-state index >= 15 is 0 Å². The van der Waals surface area contributed by atoms with Gasteiger partial charge in [-0.1, -0.05) is 11.6 Å². The Labute approximate surface area is 110 Å². The molecule has 0 saturated carbocycles. The van der Waals surface area contributed by atoms with Gasteiger partial charge in [-0.05, 0) is 37.1 Å². The van der Waals surface area contributed by atoms with Crippen molar-refractivity contribution < 1.29 is 4.79 Å². The zero-order chi connectivity index (χ0) is 12.5. The van der Waals surface area contributed by atoms with Crippen LogP contribution in [0.3, 0.4) is 0 Å². The molecule has 1 heterocycles. The van der Waals surface area contributed by atoms with E-state index in [2.05, 4.69) is 9.97 Å². The van der Waals surface area contributed by atoms with Crippen LogP contribution < -0.4 is 0 Å². The second-order valence-electron chi connectivity index (χ2n) is 4.64. The highest BCUT2D eigenvalue weighted by molar-refractivity contribution is 6.30. The van der Waals surface area contributed by atoms with Crippen molar-refractivity contribution in [2.45, 2.75) is 19.3 Å². The highest BCUT2D eigenvalue weighted by Crippen LogP contribution is 2.26. The molecule has 18 heavy (non-hydrogen) atoms. The molecule has 0 bridgehead atoms. The molecular formula is C14H13ClN2O. The Morgan fingerprint density at radius 3 is 2.89 bits per heavy atom. The van der Waals surface area contributed by atoms with E-state index in [1.165, 1.54) is 5.69 Å². The van der Waals surface area contributed by atoms with Crippen molar-refractivity contribution in [2.24, 2.45) is 5.92 Å². The van der Waals surface area contributed by atoms with Crippen LogP contribution in [-0.2, 0) is 12.8 Å². The first-order chi connectivity index (χ1) is 8.74. The first-order valence-corrected chi connectivity index (χ1v) is 6.43. The number of Topliss-reactive ketones (excluding diaryl/α,β-unsaturated/α-hetero) is 1. The number of halogens is 1. The lowest BCUT2D eigenvalue weighted by Gasteiger charge is -2.20. The van der Waals surface area contributed by atoms with Crippen LogP contribution in [0.5, 0.6) is 0 Å². The Hall–Kier alpha value is -1.61. The minimum Gasteiger partial charge on any atom is -0.348 e. The number of nitrogens with one attached hydrogen (secondary N) is 1. The van der Waals surface area contributed by atoms with Crippen molar-refractivity contribution in [1.29, 1.82) is 0 Å². The number of hydrogen-bond acceptors (Lipinski definition) is 2. The van der Waals surface area contributed by atoms with Gasteiger partial charge in [0.2, 0.25) is 0 Å². The van der Waals surface area contributed by atoms with E-state index in [1.54, 1.807) is 30.6 Å². The van der Waals surface area contributed by atoms with Crippen LogP contribution in [0.15, 0.2) is 30.6 Å². The van der Waals surface area contributed by atoms with Gasteiger partial charge in [0.25, 0.3) is 0 Å². The third-order valence-corrected chi connectivity index (χ3v) is 3.74. The molecule has 1 N–H and O–H groups in total. The van der Waals surface area contributed by atoms with E-state index in [4.69, 9.17) is 11.6 Å². The second-order valence-corrected chi connectivity index (χ2v) is 5.08. The summed E-state index contributed by atoms with van der Waals surface area (Å²) in [6, 6.07) is 7.12. The summed E-state index contributed by atoms with van der Waals surface area (Å²) in [5.74, 6) is 0.238. The number of carbonyl (C=O) groups is 1. The summed E-state index contributed by atoms with van der Waals surface area (Å²) in [4.78, 5) is 19.8. The third-order valence-electron chi connectivity index (χ3n) is 3.49. The molecular weight excluding hydrogens is 248 g/mol. The van der Waals surface area contributed by atoms with E-state index < -0.39 is 0 Å². The summed E-state index contributed by atoms with van der Waals surface area (Å²) in [5, 5.41) is 0.657. The molecule has 1 unspecified atom stereocenters. The van der Waals surface area contributed by atoms with Gasteiger partial charge in [0, 0.05) is 28.6 Å². The molecule has 2 aromatic rings. The molecule has 0 fully saturated rings. The number of carbonyl (C=O) groups excluding carboxylic acids is 1.